The third-order valence-corrected chi connectivity index (χ3v) is 3.02. The molecule has 0 saturated carbocycles. The molecular formula is C11H19F3N2O3. The first-order valence-electron chi connectivity index (χ1n) is 6.05. The molecule has 0 aromatic carbocycles. The summed E-state index contributed by atoms with van der Waals surface area (Å²) < 4.78 is 48.8. The van der Waals surface area contributed by atoms with Gasteiger partial charge in [0.15, 0.2) is 5.84 Å². The fourth-order valence-electron chi connectivity index (χ4n) is 2.13. The van der Waals surface area contributed by atoms with Crippen molar-refractivity contribution in [2.75, 3.05) is 6.61 Å². The minimum Gasteiger partial charge on any atom is -0.409 e. The van der Waals surface area contributed by atoms with Crippen LogP contribution in [0.1, 0.15) is 26.7 Å². The number of oxime groups is 1. The Kier molecular flexibility index (Phi) is 5.42. The Morgan fingerprint density at radius 1 is 1.42 bits per heavy atom. The van der Waals surface area contributed by atoms with Crippen molar-refractivity contribution < 1.29 is 27.9 Å². The summed E-state index contributed by atoms with van der Waals surface area (Å²) in [4.78, 5) is 0. The van der Waals surface area contributed by atoms with Gasteiger partial charge in [-0.1, -0.05) is 5.16 Å². The van der Waals surface area contributed by atoms with Gasteiger partial charge in [-0.15, -0.1) is 0 Å². The zero-order chi connectivity index (χ0) is 14.6. The molecule has 0 aromatic rings. The van der Waals surface area contributed by atoms with E-state index in [1.807, 2.05) is 13.8 Å². The lowest BCUT2D eigenvalue weighted by molar-refractivity contribution is -0.180. The van der Waals surface area contributed by atoms with Crippen LogP contribution in [0.15, 0.2) is 5.16 Å². The number of ether oxygens (including phenoxy) is 2. The molecule has 0 radical (unpaired) electrons. The highest BCUT2D eigenvalue weighted by Gasteiger charge is 2.43. The summed E-state index contributed by atoms with van der Waals surface area (Å²) in [5.41, 5.74) is 5.05. The molecule has 8 heteroatoms. The van der Waals surface area contributed by atoms with E-state index in [0.29, 0.717) is 12.8 Å². The number of nitrogens with zero attached hydrogens (tertiary/aromatic N) is 1. The van der Waals surface area contributed by atoms with E-state index in [2.05, 4.69) is 5.16 Å². The van der Waals surface area contributed by atoms with Crippen molar-refractivity contribution in [3.05, 3.63) is 0 Å². The van der Waals surface area contributed by atoms with Gasteiger partial charge in [0.05, 0.1) is 24.9 Å². The van der Waals surface area contributed by atoms with Gasteiger partial charge in [0, 0.05) is 0 Å². The van der Waals surface area contributed by atoms with Gasteiger partial charge in [-0.25, -0.2) is 0 Å². The topological polar surface area (TPSA) is 77.1 Å². The molecule has 0 aromatic heterocycles. The molecule has 1 rings (SSSR count). The fraction of sp³-hybridized carbons (Fsp3) is 0.909. The second-order valence-corrected chi connectivity index (χ2v) is 4.80. The Hall–Kier alpha value is -1.02. The molecule has 3 unspecified atom stereocenters. The van der Waals surface area contributed by atoms with E-state index < -0.39 is 24.5 Å². The van der Waals surface area contributed by atoms with Crippen LogP contribution in [0.25, 0.3) is 0 Å². The summed E-state index contributed by atoms with van der Waals surface area (Å²) in [5.74, 6) is -2.98. The van der Waals surface area contributed by atoms with E-state index in [1.54, 1.807) is 0 Å². The molecular weight excluding hydrogens is 265 g/mol. The average molecular weight is 284 g/mol. The molecule has 0 amide bonds. The van der Waals surface area contributed by atoms with E-state index in [-0.39, 0.29) is 18.3 Å². The highest BCUT2D eigenvalue weighted by Crippen LogP contribution is 2.29. The van der Waals surface area contributed by atoms with Crippen molar-refractivity contribution in [1.82, 2.24) is 0 Å². The molecule has 3 atom stereocenters. The van der Waals surface area contributed by atoms with Gasteiger partial charge in [-0.05, 0) is 26.7 Å². The molecule has 0 aliphatic carbocycles. The molecule has 5 nitrogen and oxygen atoms in total. The van der Waals surface area contributed by atoms with Crippen LogP contribution in [0.5, 0.6) is 0 Å². The summed E-state index contributed by atoms with van der Waals surface area (Å²) in [5, 5.41) is 10.8. The van der Waals surface area contributed by atoms with Gasteiger partial charge in [-0.3, -0.25) is 0 Å². The predicted molar refractivity (Wildman–Crippen MR) is 61.9 cm³/mol. The molecule has 1 fully saturated rings. The molecule has 19 heavy (non-hydrogen) atoms. The van der Waals surface area contributed by atoms with Gasteiger partial charge in [0.2, 0.25) is 0 Å². The number of alkyl halides is 3. The SMILES string of the molecule is CC1CC(OCC(C(N)=NO)C(F)(F)F)CC(C)O1. The third kappa shape index (κ3) is 4.87. The van der Waals surface area contributed by atoms with Gasteiger partial charge in [0.1, 0.15) is 5.92 Å². The van der Waals surface area contributed by atoms with E-state index in [0.717, 1.165) is 0 Å². The Morgan fingerprint density at radius 2 is 1.95 bits per heavy atom. The van der Waals surface area contributed by atoms with Crippen molar-refractivity contribution in [2.24, 2.45) is 16.8 Å². The highest BCUT2D eigenvalue weighted by atomic mass is 19.4. The minimum absolute atomic E-state index is 0.0538. The quantitative estimate of drug-likeness (QED) is 0.358. The van der Waals surface area contributed by atoms with E-state index in [4.69, 9.17) is 20.4 Å². The summed E-state index contributed by atoms with van der Waals surface area (Å²) >= 11 is 0. The van der Waals surface area contributed by atoms with Crippen molar-refractivity contribution in [2.45, 2.75) is 51.2 Å². The van der Waals surface area contributed by atoms with Crippen LogP contribution in [0.2, 0.25) is 0 Å². The molecule has 1 aliphatic rings. The van der Waals surface area contributed by atoms with E-state index >= 15 is 0 Å². The molecule has 112 valence electrons. The first kappa shape index (κ1) is 16.0. The van der Waals surface area contributed by atoms with Crippen molar-refractivity contribution in [3.63, 3.8) is 0 Å². The van der Waals surface area contributed by atoms with Crippen LogP contribution in [-0.2, 0) is 9.47 Å². The maximum atomic E-state index is 12.7. The molecule has 3 N–H and O–H groups in total. The van der Waals surface area contributed by atoms with Crippen molar-refractivity contribution in [3.8, 4) is 0 Å². The maximum absolute atomic E-state index is 12.7. The van der Waals surface area contributed by atoms with Crippen molar-refractivity contribution >= 4 is 5.84 Å². The van der Waals surface area contributed by atoms with Crippen LogP contribution in [0.3, 0.4) is 0 Å². The fourth-order valence-corrected chi connectivity index (χ4v) is 2.13. The lowest BCUT2D eigenvalue weighted by Gasteiger charge is -2.33. The van der Waals surface area contributed by atoms with E-state index in [1.165, 1.54) is 0 Å². The predicted octanol–water partition coefficient (Wildman–Crippen LogP) is 1.88. The second-order valence-electron chi connectivity index (χ2n) is 4.80. The van der Waals surface area contributed by atoms with E-state index in [9.17, 15) is 13.2 Å². The molecule has 1 heterocycles. The second kappa shape index (κ2) is 6.42. The third-order valence-electron chi connectivity index (χ3n) is 3.02. The Bertz CT molecular complexity index is 313. The smallest absolute Gasteiger partial charge is 0.401 e. The highest BCUT2D eigenvalue weighted by molar-refractivity contribution is 5.83. The average Bonchev–Trinajstić information content (AvgIpc) is 2.25. The van der Waals surface area contributed by atoms with Gasteiger partial charge >= 0.3 is 6.18 Å². The first-order chi connectivity index (χ1) is 8.74. The number of rotatable bonds is 4. The maximum Gasteiger partial charge on any atom is 0.401 e. The number of hydrogen-bond acceptors (Lipinski definition) is 4. The molecule has 0 bridgehead atoms. The minimum atomic E-state index is -4.60. The van der Waals surface area contributed by atoms with Crippen LogP contribution < -0.4 is 5.73 Å². The zero-order valence-corrected chi connectivity index (χ0v) is 10.9. The van der Waals surface area contributed by atoms with Gasteiger partial charge < -0.3 is 20.4 Å². The van der Waals surface area contributed by atoms with Crippen molar-refractivity contribution in [1.29, 1.82) is 0 Å². The Morgan fingerprint density at radius 3 is 2.37 bits per heavy atom. The van der Waals surface area contributed by atoms with Crippen LogP contribution >= 0.6 is 0 Å². The lowest BCUT2D eigenvalue weighted by Crippen LogP contribution is -2.42. The van der Waals surface area contributed by atoms with Crippen LogP contribution in [-0.4, -0.2) is 42.1 Å². The lowest BCUT2D eigenvalue weighted by atomic mass is 10.0. The number of amidine groups is 1. The standard InChI is InChI=1S/C11H19F3N2O3/c1-6-3-8(4-7(2)19-6)18-5-9(10(15)16-17)11(12,13)14/h6-9,17H,3-5H2,1-2H3,(H2,15,16). The summed E-state index contributed by atoms with van der Waals surface area (Å²) in [6.45, 7) is 3.04. The number of nitrogens with two attached hydrogens (primary N) is 1. The monoisotopic (exact) mass is 284 g/mol. The number of halogens is 3. The number of hydrogen-bond donors (Lipinski definition) is 2. The normalized spacial score (nSPS) is 31.2. The largest absolute Gasteiger partial charge is 0.409 e. The van der Waals surface area contributed by atoms with Crippen LogP contribution in [0.4, 0.5) is 13.2 Å². The Balaban J connectivity index is 2.57. The molecule has 1 saturated heterocycles. The van der Waals surface area contributed by atoms with Gasteiger partial charge in [-0.2, -0.15) is 13.2 Å². The summed E-state index contributed by atoms with van der Waals surface area (Å²) in [6, 6.07) is 0. The Labute approximate surface area is 109 Å². The molecule has 1 aliphatic heterocycles. The molecule has 0 spiro atoms. The first-order valence-corrected chi connectivity index (χ1v) is 6.05. The zero-order valence-electron chi connectivity index (χ0n) is 10.9. The summed E-state index contributed by atoms with van der Waals surface area (Å²) in [7, 11) is 0. The summed E-state index contributed by atoms with van der Waals surface area (Å²) in [6.07, 6.45) is -3.95. The van der Waals surface area contributed by atoms with Crippen LogP contribution in [0, 0.1) is 5.92 Å². The van der Waals surface area contributed by atoms with Gasteiger partial charge in [0.25, 0.3) is 0 Å².